The first-order valence-corrected chi connectivity index (χ1v) is 5.99. The van der Waals surface area contributed by atoms with Crippen molar-refractivity contribution in [1.29, 1.82) is 0 Å². The Morgan fingerprint density at radius 1 is 1.07 bits per heavy atom. The van der Waals surface area contributed by atoms with Crippen molar-refractivity contribution in [3.63, 3.8) is 0 Å². The number of rotatable bonds is 8. The van der Waals surface area contributed by atoms with E-state index in [1.807, 2.05) is 0 Å². The normalized spacial score (nSPS) is 11.0. The minimum atomic E-state index is -3.72. The van der Waals surface area contributed by atoms with E-state index >= 15 is 0 Å². The number of unbranched alkanes of at least 4 members (excludes halogenated alkanes) is 3. The van der Waals surface area contributed by atoms with Crippen LogP contribution in [-0.4, -0.2) is 21.6 Å². The zero-order valence-electron chi connectivity index (χ0n) is 10.3. The summed E-state index contributed by atoms with van der Waals surface area (Å²) in [6.45, 7) is 4.05. The summed E-state index contributed by atoms with van der Waals surface area (Å²) in [5.41, 5.74) is 0. The maximum Gasteiger partial charge on any atom is 1.00 e. The van der Waals surface area contributed by atoms with Crippen molar-refractivity contribution >= 4 is 10.4 Å². The minimum Gasteiger partial charge on any atom is -1.00 e. The van der Waals surface area contributed by atoms with Gasteiger partial charge in [-0.1, -0.05) is 26.2 Å². The molecule has 4 nitrogen and oxygen atoms in total. The van der Waals surface area contributed by atoms with E-state index in [0.29, 0.717) is 0 Å². The van der Waals surface area contributed by atoms with Gasteiger partial charge in [-0.2, -0.15) is 8.42 Å². The van der Waals surface area contributed by atoms with Crippen LogP contribution >= 0.6 is 0 Å². The van der Waals surface area contributed by atoms with Crippen LogP contribution in [0.5, 0.6) is 0 Å². The molecule has 0 unspecified atom stereocenters. The molecule has 14 heavy (non-hydrogen) atoms. The predicted octanol–water partition coefficient (Wildman–Crippen LogP) is -1.02. The second-order valence-electron chi connectivity index (χ2n) is 2.70. The Hall–Kier alpha value is 0.467. The molecule has 0 atom stereocenters. The summed E-state index contributed by atoms with van der Waals surface area (Å²) in [4.78, 5) is 0. The average Bonchev–Trinajstić information content (AvgIpc) is 2.04. The van der Waals surface area contributed by atoms with Crippen LogP contribution in [-0.2, 0) is 18.8 Å². The molecule has 0 aromatic rings. The SMILES string of the molecule is CCCCCCOS(=O)(=O)OCC.[H-].[Li+]. The fourth-order valence-electron chi connectivity index (χ4n) is 0.868. The predicted molar refractivity (Wildman–Crippen MR) is 51.8 cm³/mol. The first-order chi connectivity index (χ1) is 6.12. The molecule has 6 heteroatoms. The molecule has 0 rings (SSSR count). The Kier molecular flexibility index (Phi) is 12.1. The quantitative estimate of drug-likeness (QED) is 0.386. The number of hydrogen-bond acceptors (Lipinski definition) is 4. The summed E-state index contributed by atoms with van der Waals surface area (Å²) in [7, 11) is -3.72. The molecule has 0 N–H and O–H groups in total. The Bertz CT molecular complexity index is 209. The van der Waals surface area contributed by atoms with Crippen molar-refractivity contribution in [3.8, 4) is 0 Å². The van der Waals surface area contributed by atoms with E-state index < -0.39 is 10.4 Å². The molecule has 0 bridgehead atoms. The fourth-order valence-corrected chi connectivity index (χ4v) is 1.55. The maximum absolute atomic E-state index is 10.8. The summed E-state index contributed by atoms with van der Waals surface area (Å²) in [6, 6.07) is 0. The van der Waals surface area contributed by atoms with Crippen LogP contribution in [0.15, 0.2) is 0 Å². The Labute approximate surface area is 100 Å². The zero-order chi connectivity index (χ0) is 10.2. The Morgan fingerprint density at radius 2 is 1.71 bits per heavy atom. The topological polar surface area (TPSA) is 52.6 Å². The van der Waals surface area contributed by atoms with Gasteiger partial charge in [0.2, 0.25) is 0 Å². The standard InChI is InChI=1S/C8H18O4S.Li.H/c1-3-5-6-7-8-12-13(9,10)11-4-2;;/h3-8H2,1-2H3;;/q;+1;-1. The molecular formula is C8H19LiO4S. The van der Waals surface area contributed by atoms with Crippen LogP contribution in [0.4, 0.5) is 0 Å². The van der Waals surface area contributed by atoms with Gasteiger partial charge in [0.05, 0.1) is 13.2 Å². The average molecular weight is 218 g/mol. The smallest absolute Gasteiger partial charge is 1.00 e. The van der Waals surface area contributed by atoms with Crippen molar-refractivity contribution in [3.05, 3.63) is 0 Å². The molecule has 0 radical (unpaired) electrons. The van der Waals surface area contributed by atoms with Crippen LogP contribution in [0.2, 0.25) is 0 Å². The third kappa shape index (κ3) is 10.5. The molecular weight excluding hydrogens is 199 g/mol. The third-order valence-corrected chi connectivity index (χ3v) is 2.47. The van der Waals surface area contributed by atoms with Gasteiger partial charge in [-0.3, -0.25) is 0 Å². The van der Waals surface area contributed by atoms with Gasteiger partial charge in [-0.15, -0.1) is 0 Å². The number of hydrogen-bond donors (Lipinski definition) is 0. The molecule has 0 aromatic heterocycles. The van der Waals surface area contributed by atoms with Gasteiger partial charge < -0.3 is 1.43 Å². The van der Waals surface area contributed by atoms with E-state index in [9.17, 15) is 8.42 Å². The van der Waals surface area contributed by atoms with E-state index in [2.05, 4.69) is 15.3 Å². The summed E-state index contributed by atoms with van der Waals surface area (Å²) in [5.74, 6) is 0. The van der Waals surface area contributed by atoms with E-state index in [1.165, 1.54) is 0 Å². The maximum atomic E-state index is 10.8. The first-order valence-electron chi connectivity index (χ1n) is 4.66. The molecule has 82 valence electrons. The molecule has 0 aliphatic carbocycles. The molecule has 0 heterocycles. The van der Waals surface area contributed by atoms with Crippen molar-refractivity contribution in [1.82, 2.24) is 0 Å². The van der Waals surface area contributed by atoms with Crippen LogP contribution in [0.3, 0.4) is 0 Å². The van der Waals surface area contributed by atoms with Crippen LogP contribution in [0.1, 0.15) is 41.0 Å². The molecule has 0 aliphatic heterocycles. The summed E-state index contributed by atoms with van der Waals surface area (Å²) in [6.07, 6.45) is 3.99. The van der Waals surface area contributed by atoms with Crippen LogP contribution in [0, 0.1) is 0 Å². The van der Waals surface area contributed by atoms with Crippen molar-refractivity contribution < 1.29 is 37.1 Å². The van der Waals surface area contributed by atoms with Crippen LogP contribution in [0.25, 0.3) is 0 Å². The van der Waals surface area contributed by atoms with Gasteiger partial charge in [-0.25, -0.2) is 8.37 Å². The van der Waals surface area contributed by atoms with Gasteiger partial charge in [0.1, 0.15) is 0 Å². The molecule has 0 aliphatic rings. The molecule has 0 spiro atoms. The van der Waals surface area contributed by atoms with Gasteiger partial charge in [0.15, 0.2) is 0 Å². The second-order valence-corrected chi connectivity index (χ2v) is 3.99. The molecule has 0 fully saturated rings. The minimum absolute atomic E-state index is 0. The monoisotopic (exact) mass is 218 g/mol. The van der Waals surface area contributed by atoms with Crippen molar-refractivity contribution in [2.75, 3.05) is 13.2 Å². The Balaban J connectivity index is -0.000000720. The van der Waals surface area contributed by atoms with Crippen molar-refractivity contribution in [2.24, 2.45) is 0 Å². The molecule has 0 aromatic carbocycles. The summed E-state index contributed by atoms with van der Waals surface area (Å²) >= 11 is 0. The van der Waals surface area contributed by atoms with Gasteiger partial charge in [0, 0.05) is 0 Å². The molecule has 0 saturated carbocycles. The first kappa shape index (κ1) is 16.9. The third-order valence-electron chi connectivity index (χ3n) is 1.49. The fraction of sp³-hybridized carbons (Fsp3) is 1.00. The Morgan fingerprint density at radius 3 is 2.21 bits per heavy atom. The van der Waals surface area contributed by atoms with Crippen molar-refractivity contribution in [2.45, 2.75) is 39.5 Å². The molecule has 0 saturated heterocycles. The summed E-state index contributed by atoms with van der Waals surface area (Å²) in [5, 5.41) is 0. The van der Waals surface area contributed by atoms with E-state index in [0.717, 1.165) is 25.7 Å². The van der Waals surface area contributed by atoms with Gasteiger partial charge >= 0.3 is 29.3 Å². The van der Waals surface area contributed by atoms with Gasteiger partial charge in [0.25, 0.3) is 0 Å². The van der Waals surface area contributed by atoms with E-state index in [1.54, 1.807) is 6.92 Å². The van der Waals surface area contributed by atoms with E-state index in [4.69, 9.17) is 0 Å². The van der Waals surface area contributed by atoms with Gasteiger partial charge in [-0.05, 0) is 13.3 Å². The molecule has 0 amide bonds. The van der Waals surface area contributed by atoms with E-state index in [-0.39, 0.29) is 33.5 Å². The zero-order valence-corrected chi connectivity index (χ0v) is 10.1. The second kappa shape index (κ2) is 10.0. The largest absolute Gasteiger partial charge is 1.00 e. The van der Waals surface area contributed by atoms with Crippen LogP contribution < -0.4 is 18.9 Å². The summed E-state index contributed by atoms with van der Waals surface area (Å²) < 4.78 is 30.6.